The Morgan fingerprint density at radius 2 is 2.06 bits per heavy atom. The molecule has 0 bridgehead atoms. The highest BCUT2D eigenvalue weighted by Crippen LogP contribution is 2.26. The monoisotopic (exact) mass is 231 g/mol. The molecule has 0 saturated carbocycles. The van der Waals surface area contributed by atoms with E-state index in [0.717, 1.165) is 24.4 Å². The Balaban J connectivity index is 2.06. The molecular formula is C13H17N3O. The lowest BCUT2D eigenvalue weighted by Gasteiger charge is -2.41. The lowest BCUT2D eigenvalue weighted by Crippen LogP contribution is -2.57. The molecule has 0 unspecified atom stereocenters. The first-order valence-electron chi connectivity index (χ1n) is 5.73. The molecule has 1 aliphatic rings. The third-order valence-corrected chi connectivity index (χ3v) is 3.24. The van der Waals surface area contributed by atoms with Gasteiger partial charge in [-0.05, 0) is 24.7 Å². The van der Waals surface area contributed by atoms with Crippen molar-refractivity contribution in [2.45, 2.75) is 12.1 Å². The molecule has 2 rings (SSSR count). The maximum atomic E-state index is 9.26. The molecule has 1 aliphatic heterocycles. The third kappa shape index (κ3) is 2.41. The number of methoxy groups -OCH3 is 1. The number of hydrogen-bond donors (Lipinski definition) is 1. The average molecular weight is 231 g/mol. The minimum absolute atomic E-state index is 0.148. The molecule has 90 valence electrons. The van der Waals surface area contributed by atoms with Crippen LogP contribution in [0.1, 0.15) is 11.6 Å². The van der Waals surface area contributed by atoms with Gasteiger partial charge in [0, 0.05) is 19.1 Å². The second-order valence-corrected chi connectivity index (χ2v) is 4.24. The molecule has 0 amide bonds. The summed E-state index contributed by atoms with van der Waals surface area (Å²) >= 11 is 0. The number of likely N-dealkylation sites (N-methyl/N-ethyl adjacent to an activating group) is 1. The molecule has 0 spiro atoms. The van der Waals surface area contributed by atoms with E-state index in [0.29, 0.717) is 6.04 Å². The van der Waals surface area contributed by atoms with E-state index in [-0.39, 0.29) is 6.04 Å². The number of benzene rings is 1. The normalized spacial score (nSPS) is 18.2. The van der Waals surface area contributed by atoms with E-state index in [1.807, 2.05) is 31.3 Å². The summed E-state index contributed by atoms with van der Waals surface area (Å²) in [4.78, 5) is 2.17. The van der Waals surface area contributed by atoms with Gasteiger partial charge < -0.3 is 10.1 Å². The van der Waals surface area contributed by atoms with Gasteiger partial charge in [-0.1, -0.05) is 12.1 Å². The highest BCUT2D eigenvalue weighted by molar-refractivity contribution is 5.32. The van der Waals surface area contributed by atoms with Gasteiger partial charge in [0.05, 0.1) is 13.2 Å². The number of nitriles is 1. The van der Waals surface area contributed by atoms with Crippen molar-refractivity contribution in [2.24, 2.45) is 0 Å². The van der Waals surface area contributed by atoms with Crippen LogP contribution in [-0.4, -0.2) is 38.2 Å². The molecule has 1 aromatic carbocycles. The standard InChI is InChI=1S/C13H17N3O/c1-15-11-8-16(9-11)13(7-14)10-3-5-12(17-2)6-4-10/h3-6,11,13,15H,8-9H2,1-2H3/t13-/m1/s1. The Kier molecular flexibility index (Phi) is 3.62. The quantitative estimate of drug-likeness (QED) is 0.845. The molecule has 1 atom stereocenters. The van der Waals surface area contributed by atoms with Crippen LogP contribution in [0.5, 0.6) is 5.75 Å². The van der Waals surface area contributed by atoms with E-state index in [2.05, 4.69) is 16.3 Å². The smallest absolute Gasteiger partial charge is 0.123 e. The molecule has 17 heavy (non-hydrogen) atoms. The zero-order valence-electron chi connectivity index (χ0n) is 10.2. The molecule has 4 nitrogen and oxygen atoms in total. The Morgan fingerprint density at radius 3 is 2.53 bits per heavy atom. The summed E-state index contributed by atoms with van der Waals surface area (Å²) < 4.78 is 5.11. The van der Waals surface area contributed by atoms with E-state index in [1.54, 1.807) is 7.11 Å². The van der Waals surface area contributed by atoms with Gasteiger partial charge in [0.15, 0.2) is 0 Å². The van der Waals surface area contributed by atoms with Crippen LogP contribution >= 0.6 is 0 Å². The third-order valence-electron chi connectivity index (χ3n) is 3.24. The first-order chi connectivity index (χ1) is 8.28. The van der Waals surface area contributed by atoms with Crippen LogP contribution in [0.3, 0.4) is 0 Å². The van der Waals surface area contributed by atoms with E-state index < -0.39 is 0 Å². The lowest BCUT2D eigenvalue weighted by molar-refractivity contribution is 0.104. The molecule has 1 N–H and O–H groups in total. The Hall–Kier alpha value is -1.57. The maximum absolute atomic E-state index is 9.26. The van der Waals surface area contributed by atoms with Gasteiger partial charge in [0.25, 0.3) is 0 Å². The molecular weight excluding hydrogens is 214 g/mol. The second-order valence-electron chi connectivity index (χ2n) is 4.24. The van der Waals surface area contributed by atoms with E-state index in [4.69, 9.17) is 4.74 Å². The van der Waals surface area contributed by atoms with Crippen LogP contribution in [0.2, 0.25) is 0 Å². The van der Waals surface area contributed by atoms with Crippen LogP contribution in [0, 0.1) is 11.3 Å². The van der Waals surface area contributed by atoms with Crippen molar-refractivity contribution in [3.05, 3.63) is 29.8 Å². The van der Waals surface area contributed by atoms with Gasteiger partial charge in [0.2, 0.25) is 0 Å². The number of hydrogen-bond acceptors (Lipinski definition) is 4. The minimum atomic E-state index is -0.148. The van der Waals surface area contributed by atoms with E-state index in [9.17, 15) is 5.26 Å². The second kappa shape index (κ2) is 5.17. The van der Waals surface area contributed by atoms with Crippen molar-refractivity contribution in [3.8, 4) is 11.8 Å². The topological polar surface area (TPSA) is 48.3 Å². The summed E-state index contributed by atoms with van der Waals surface area (Å²) in [5.74, 6) is 0.821. The van der Waals surface area contributed by atoms with E-state index in [1.165, 1.54) is 0 Å². The fourth-order valence-corrected chi connectivity index (χ4v) is 2.06. The molecule has 0 aliphatic carbocycles. The molecule has 0 radical (unpaired) electrons. The predicted octanol–water partition coefficient (Wildman–Crippen LogP) is 1.16. The van der Waals surface area contributed by atoms with Crippen LogP contribution < -0.4 is 10.1 Å². The van der Waals surface area contributed by atoms with Gasteiger partial charge in [0.1, 0.15) is 11.8 Å². The molecule has 1 heterocycles. The largest absolute Gasteiger partial charge is 0.497 e. The fraction of sp³-hybridized carbons (Fsp3) is 0.462. The summed E-state index contributed by atoms with van der Waals surface area (Å²) in [6.07, 6.45) is 0. The van der Waals surface area contributed by atoms with Crippen molar-refractivity contribution in [2.75, 3.05) is 27.2 Å². The first kappa shape index (κ1) is 11.9. The lowest BCUT2D eigenvalue weighted by atomic mass is 10.0. The first-order valence-corrected chi connectivity index (χ1v) is 5.73. The zero-order chi connectivity index (χ0) is 12.3. The SMILES string of the molecule is CNC1CN([C@H](C#N)c2ccc(OC)cc2)C1. The number of likely N-dealkylation sites (tertiary alicyclic amines) is 1. The minimum Gasteiger partial charge on any atom is -0.497 e. The molecule has 1 saturated heterocycles. The van der Waals surface area contributed by atoms with Crippen molar-refractivity contribution in [3.63, 3.8) is 0 Å². The molecule has 1 aromatic rings. The highest BCUT2D eigenvalue weighted by Gasteiger charge is 2.32. The molecule has 4 heteroatoms. The van der Waals surface area contributed by atoms with Crippen LogP contribution in [-0.2, 0) is 0 Å². The van der Waals surface area contributed by atoms with Gasteiger partial charge in [-0.3, -0.25) is 4.90 Å². The summed E-state index contributed by atoms with van der Waals surface area (Å²) in [7, 11) is 3.60. The summed E-state index contributed by atoms with van der Waals surface area (Å²) in [5, 5.41) is 12.5. The molecule has 1 fully saturated rings. The predicted molar refractivity (Wildman–Crippen MR) is 65.8 cm³/mol. The maximum Gasteiger partial charge on any atom is 0.123 e. The Bertz CT molecular complexity index is 404. The van der Waals surface area contributed by atoms with Crippen LogP contribution in [0.25, 0.3) is 0 Å². The van der Waals surface area contributed by atoms with E-state index >= 15 is 0 Å². The average Bonchev–Trinajstić information content (AvgIpc) is 2.33. The zero-order valence-corrected chi connectivity index (χ0v) is 10.2. The number of nitrogens with one attached hydrogen (secondary N) is 1. The summed E-state index contributed by atoms with van der Waals surface area (Å²) in [6, 6.07) is 10.4. The van der Waals surface area contributed by atoms with Crippen molar-refractivity contribution in [1.29, 1.82) is 5.26 Å². The van der Waals surface area contributed by atoms with Gasteiger partial charge in [-0.2, -0.15) is 5.26 Å². The van der Waals surface area contributed by atoms with Gasteiger partial charge in [-0.15, -0.1) is 0 Å². The molecule has 0 aromatic heterocycles. The van der Waals surface area contributed by atoms with Gasteiger partial charge in [-0.25, -0.2) is 0 Å². The number of ether oxygens (including phenoxy) is 1. The number of rotatable bonds is 4. The van der Waals surface area contributed by atoms with Crippen LogP contribution in [0.4, 0.5) is 0 Å². The summed E-state index contributed by atoms with van der Waals surface area (Å²) in [6.45, 7) is 1.86. The fourth-order valence-electron chi connectivity index (χ4n) is 2.06. The van der Waals surface area contributed by atoms with Crippen molar-refractivity contribution in [1.82, 2.24) is 10.2 Å². The highest BCUT2D eigenvalue weighted by atomic mass is 16.5. The summed E-state index contributed by atoms with van der Waals surface area (Å²) in [5.41, 5.74) is 1.03. The van der Waals surface area contributed by atoms with Crippen molar-refractivity contribution >= 4 is 0 Å². The van der Waals surface area contributed by atoms with Gasteiger partial charge >= 0.3 is 0 Å². The van der Waals surface area contributed by atoms with Crippen LogP contribution in [0.15, 0.2) is 24.3 Å². The Labute approximate surface area is 102 Å². The number of nitrogens with zero attached hydrogens (tertiary/aromatic N) is 2. The van der Waals surface area contributed by atoms with Crippen molar-refractivity contribution < 1.29 is 4.74 Å². The Morgan fingerprint density at radius 1 is 1.41 bits per heavy atom.